The summed E-state index contributed by atoms with van der Waals surface area (Å²) in [6.45, 7) is 1.23. The molecule has 12 heteroatoms. The van der Waals surface area contributed by atoms with Crippen molar-refractivity contribution in [3.63, 3.8) is 0 Å². The van der Waals surface area contributed by atoms with Gasteiger partial charge in [-0.3, -0.25) is 19.3 Å². The maximum atomic E-state index is 13.3. The number of carbonyl (C=O) groups is 4. The summed E-state index contributed by atoms with van der Waals surface area (Å²) in [4.78, 5) is 49.8. The van der Waals surface area contributed by atoms with E-state index in [0.29, 0.717) is 34.2 Å². The summed E-state index contributed by atoms with van der Waals surface area (Å²) in [5.74, 6) is -1.81. The van der Waals surface area contributed by atoms with Crippen LogP contribution in [0.4, 0.5) is 14.9 Å². The van der Waals surface area contributed by atoms with E-state index in [0.717, 1.165) is 11.0 Å². The second kappa shape index (κ2) is 11.8. The molecule has 1 aliphatic heterocycles. The molecule has 2 aromatic rings. The minimum Gasteiger partial charge on any atom is -0.490 e. The van der Waals surface area contributed by atoms with Gasteiger partial charge in [-0.2, -0.15) is 0 Å². The zero-order valence-electron chi connectivity index (χ0n) is 18.6. The van der Waals surface area contributed by atoms with Gasteiger partial charge in [-0.05, 0) is 76.6 Å². The number of ether oxygens (including phenoxy) is 3. The lowest BCUT2D eigenvalue weighted by Gasteiger charge is -2.14. The maximum Gasteiger partial charge on any atom is 0.343 e. The molecule has 2 aromatic carbocycles. The summed E-state index contributed by atoms with van der Waals surface area (Å²) in [6.07, 6.45) is 1.48. The molecule has 1 heterocycles. The number of hydrogen-bond acceptors (Lipinski definition) is 8. The SMILES string of the molecule is CCOc1cc(/C=C2/SC(=O)N(CC(=O)Nc3cccc(F)c3)C2=O)cc(Br)c1OCC(=O)OC. The molecule has 0 aromatic heterocycles. The Morgan fingerprint density at radius 1 is 1.20 bits per heavy atom. The highest BCUT2D eigenvalue weighted by Gasteiger charge is 2.36. The van der Waals surface area contributed by atoms with Crippen LogP contribution in [-0.4, -0.2) is 54.8 Å². The average molecular weight is 567 g/mol. The van der Waals surface area contributed by atoms with Crippen LogP contribution in [0.25, 0.3) is 6.08 Å². The zero-order valence-corrected chi connectivity index (χ0v) is 21.0. The lowest BCUT2D eigenvalue weighted by atomic mass is 10.2. The highest BCUT2D eigenvalue weighted by molar-refractivity contribution is 9.10. The second-order valence-electron chi connectivity index (χ2n) is 6.95. The van der Waals surface area contributed by atoms with Gasteiger partial charge < -0.3 is 19.5 Å². The Kier molecular flexibility index (Phi) is 8.88. The molecule has 9 nitrogen and oxygen atoms in total. The highest BCUT2D eigenvalue weighted by Crippen LogP contribution is 2.39. The molecule has 0 saturated carbocycles. The lowest BCUT2D eigenvalue weighted by Crippen LogP contribution is -2.36. The Balaban J connectivity index is 1.76. The van der Waals surface area contributed by atoms with Crippen molar-refractivity contribution in [2.75, 3.05) is 32.2 Å². The van der Waals surface area contributed by atoms with Crippen LogP contribution in [0.15, 0.2) is 45.8 Å². The van der Waals surface area contributed by atoms with Gasteiger partial charge in [0.2, 0.25) is 5.91 Å². The molecule has 0 aliphatic carbocycles. The van der Waals surface area contributed by atoms with E-state index in [1.807, 2.05) is 0 Å². The van der Waals surface area contributed by atoms with E-state index in [9.17, 15) is 23.6 Å². The first kappa shape index (κ1) is 26.2. The first-order valence-corrected chi connectivity index (χ1v) is 11.8. The summed E-state index contributed by atoms with van der Waals surface area (Å²) < 4.78 is 29.4. The number of nitrogens with zero attached hydrogens (tertiary/aromatic N) is 1. The highest BCUT2D eigenvalue weighted by atomic mass is 79.9. The molecule has 35 heavy (non-hydrogen) atoms. The van der Waals surface area contributed by atoms with E-state index in [1.54, 1.807) is 19.1 Å². The fourth-order valence-electron chi connectivity index (χ4n) is 2.96. The van der Waals surface area contributed by atoms with E-state index in [4.69, 9.17) is 9.47 Å². The molecule has 3 rings (SSSR count). The van der Waals surface area contributed by atoms with Crippen LogP contribution in [0, 0.1) is 5.82 Å². The number of anilines is 1. The predicted molar refractivity (Wildman–Crippen MR) is 131 cm³/mol. The Morgan fingerprint density at radius 2 is 1.97 bits per heavy atom. The van der Waals surface area contributed by atoms with E-state index < -0.39 is 35.4 Å². The largest absolute Gasteiger partial charge is 0.490 e. The van der Waals surface area contributed by atoms with E-state index in [1.165, 1.54) is 31.4 Å². The van der Waals surface area contributed by atoms with Crippen molar-refractivity contribution in [3.8, 4) is 11.5 Å². The number of imide groups is 1. The number of methoxy groups -OCH3 is 1. The normalized spacial score (nSPS) is 14.3. The van der Waals surface area contributed by atoms with Crippen LogP contribution >= 0.6 is 27.7 Å². The number of thioether (sulfide) groups is 1. The molecule has 3 amide bonds. The minimum absolute atomic E-state index is 0.103. The van der Waals surface area contributed by atoms with Gasteiger partial charge in [0.25, 0.3) is 11.1 Å². The van der Waals surface area contributed by atoms with Gasteiger partial charge in [0.05, 0.1) is 23.1 Å². The molecule has 0 atom stereocenters. The number of hydrogen-bond donors (Lipinski definition) is 1. The minimum atomic E-state index is -0.646. The summed E-state index contributed by atoms with van der Waals surface area (Å²) in [7, 11) is 1.24. The molecule has 1 fully saturated rings. The molecule has 0 spiro atoms. The van der Waals surface area contributed by atoms with Crippen molar-refractivity contribution in [1.82, 2.24) is 4.90 Å². The molecular formula is C23H20BrFN2O7S. The average Bonchev–Trinajstić information content (AvgIpc) is 3.05. The molecule has 1 N–H and O–H groups in total. The van der Waals surface area contributed by atoms with Gasteiger partial charge in [-0.15, -0.1) is 0 Å². The maximum absolute atomic E-state index is 13.3. The quantitative estimate of drug-likeness (QED) is 0.355. The first-order chi connectivity index (χ1) is 16.7. The Bertz CT molecular complexity index is 1200. The van der Waals surface area contributed by atoms with Crippen molar-refractivity contribution in [2.45, 2.75) is 6.92 Å². The topological polar surface area (TPSA) is 111 Å². The third kappa shape index (κ3) is 6.83. The third-order valence-electron chi connectivity index (χ3n) is 4.48. The van der Waals surface area contributed by atoms with Crippen molar-refractivity contribution in [2.24, 2.45) is 0 Å². The molecular weight excluding hydrogens is 547 g/mol. The number of nitrogens with one attached hydrogen (secondary N) is 1. The van der Waals surface area contributed by atoms with Gasteiger partial charge in [-0.1, -0.05) is 6.07 Å². The molecule has 0 radical (unpaired) electrons. The number of amides is 3. The fourth-order valence-corrected chi connectivity index (χ4v) is 4.37. The molecule has 0 bridgehead atoms. The van der Waals surface area contributed by atoms with Gasteiger partial charge in [0, 0.05) is 5.69 Å². The van der Waals surface area contributed by atoms with Crippen LogP contribution in [0.1, 0.15) is 12.5 Å². The van der Waals surface area contributed by atoms with Crippen molar-refractivity contribution in [3.05, 3.63) is 57.2 Å². The van der Waals surface area contributed by atoms with Gasteiger partial charge in [-0.25, -0.2) is 9.18 Å². The first-order valence-electron chi connectivity index (χ1n) is 10.2. The van der Waals surface area contributed by atoms with Gasteiger partial charge in [0.15, 0.2) is 18.1 Å². The Labute approximate surface area is 212 Å². The summed E-state index contributed by atoms with van der Waals surface area (Å²) >= 11 is 4.05. The van der Waals surface area contributed by atoms with Crippen molar-refractivity contribution in [1.29, 1.82) is 0 Å². The number of carbonyl (C=O) groups excluding carboxylic acids is 4. The zero-order chi connectivity index (χ0) is 25.5. The number of esters is 1. The van der Waals surface area contributed by atoms with Gasteiger partial charge in [0.1, 0.15) is 12.4 Å². The smallest absolute Gasteiger partial charge is 0.343 e. The standard InChI is InChI=1S/C23H20BrFN2O7S/c1-3-33-17-8-13(7-16(24)21(17)34-12-20(29)32-2)9-18-22(30)27(23(31)35-18)11-19(28)26-15-6-4-5-14(25)10-15/h4-10H,3,11-12H2,1-2H3,(H,26,28)/b18-9+. The summed E-state index contributed by atoms with van der Waals surface area (Å²) in [5, 5.41) is 1.84. The number of rotatable bonds is 9. The van der Waals surface area contributed by atoms with Crippen LogP contribution < -0.4 is 14.8 Å². The van der Waals surface area contributed by atoms with Crippen LogP contribution in [-0.2, 0) is 19.1 Å². The lowest BCUT2D eigenvalue weighted by molar-refractivity contribution is -0.143. The monoisotopic (exact) mass is 566 g/mol. The van der Waals surface area contributed by atoms with Gasteiger partial charge >= 0.3 is 5.97 Å². The number of benzene rings is 2. The van der Waals surface area contributed by atoms with Crippen LogP contribution in [0.5, 0.6) is 11.5 Å². The summed E-state index contributed by atoms with van der Waals surface area (Å²) in [6, 6.07) is 8.47. The van der Waals surface area contributed by atoms with Crippen LogP contribution in [0.3, 0.4) is 0 Å². The fraction of sp³-hybridized carbons (Fsp3) is 0.217. The third-order valence-corrected chi connectivity index (χ3v) is 5.97. The van der Waals surface area contributed by atoms with E-state index in [2.05, 4.69) is 26.0 Å². The van der Waals surface area contributed by atoms with Crippen molar-refractivity contribution >= 4 is 62.5 Å². The molecule has 1 saturated heterocycles. The Morgan fingerprint density at radius 3 is 2.66 bits per heavy atom. The van der Waals surface area contributed by atoms with E-state index in [-0.39, 0.29) is 22.9 Å². The molecule has 184 valence electrons. The molecule has 0 unspecified atom stereocenters. The summed E-state index contributed by atoms with van der Waals surface area (Å²) in [5.41, 5.74) is 0.723. The Hall–Kier alpha value is -3.38. The number of halogens is 2. The second-order valence-corrected chi connectivity index (χ2v) is 8.80. The van der Waals surface area contributed by atoms with Crippen molar-refractivity contribution < 1.29 is 37.8 Å². The molecule has 1 aliphatic rings. The predicted octanol–water partition coefficient (Wildman–Crippen LogP) is 4.21. The van der Waals surface area contributed by atoms with E-state index >= 15 is 0 Å². The van der Waals surface area contributed by atoms with Crippen LogP contribution in [0.2, 0.25) is 0 Å².